The second-order valence-corrected chi connectivity index (χ2v) is 6.84. The summed E-state index contributed by atoms with van der Waals surface area (Å²) < 4.78 is 1.86. The zero-order chi connectivity index (χ0) is 18.0. The molecule has 8 heteroatoms. The van der Waals surface area contributed by atoms with E-state index in [9.17, 15) is 4.79 Å². The first-order valence-electron chi connectivity index (χ1n) is 7.83. The van der Waals surface area contributed by atoms with Gasteiger partial charge in [0, 0.05) is 37.2 Å². The minimum atomic E-state index is -0.0860. The average Bonchev–Trinajstić information content (AvgIpc) is 2.96. The lowest BCUT2D eigenvalue weighted by Gasteiger charge is -2.13. The van der Waals surface area contributed by atoms with Crippen molar-refractivity contribution in [3.05, 3.63) is 41.9 Å². The van der Waals surface area contributed by atoms with Crippen LogP contribution in [-0.2, 0) is 4.79 Å². The maximum Gasteiger partial charge on any atom is 0.234 e. The molecule has 1 amide bonds. The number of hydrogen-bond acceptors (Lipinski definition) is 6. The fraction of sp³-hybridized carbons (Fsp3) is 0.294. The fourth-order valence-electron chi connectivity index (χ4n) is 2.47. The van der Waals surface area contributed by atoms with Gasteiger partial charge in [-0.15, -0.1) is 10.2 Å². The minimum Gasteiger partial charge on any atom is -0.378 e. The molecule has 1 aromatic carbocycles. The molecule has 7 nitrogen and oxygen atoms in total. The molecular formula is C17H20N6OS. The summed E-state index contributed by atoms with van der Waals surface area (Å²) in [6.07, 6.45) is 0. The Balaban J connectivity index is 1.64. The highest BCUT2D eigenvalue weighted by Crippen LogP contribution is 2.20. The van der Waals surface area contributed by atoms with Crippen LogP contribution in [0.3, 0.4) is 0 Å². The maximum atomic E-state index is 12.2. The van der Waals surface area contributed by atoms with Gasteiger partial charge >= 0.3 is 0 Å². The molecule has 1 N–H and O–H groups in total. The first-order valence-corrected chi connectivity index (χ1v) is 8.82. The van der Waals surface area contributed by atoms with E-state index >= 15 is 0 Å². The molecule has 0 atom stereocenters. The van der Waals surface area contributed by atoms with Crippen LogP contribution in [0.4, 0.5) is 11.4 Å². The van der Waals surface area contributed by atoms with Crippen LogP contribution in [-0.4, -0.2) is 45.3 Å². The number of anilines is 2. The number of fused-ring (bicyclic) bond motifs is 1. The van der Waals surface area contributed by atoms with Gasteiger partial charge in [0.15, 0.2) is 10.8 Å². The molecule has 130 valence electrons. The van der Waals surface area contributed by atoms with E-state index < -0.39 is 0 Å². The third-order valence-electron chi connectivity index (χ3n) is 3.66. The number of carbonyl (C=O) groups is 1. The van der Waals surface area contributed by atoms with Crippen LogP contribution in [0.25, 0.3) is 5.65 Å². The van der Waals surface area contributed by atoms with Crippen LogP contribution in [0.5, 0.6) is 0 Å². The summed E-state index contributed by atoms with van der Waals surface area (Å²) in [7, 11) is 3.96. The van der Waals surface area contributed by atoms with Gasteiger partial charge in [0.2, 0.25) is 5.91 Å². The van der Waals surface area contributed by atoms with E-state index in [1.54, 1.807) is 0 Å². The van der Waals surface area contributed by atoms with Gasteiger partial charge < -0.3 is 10.2 Å². The summed E-state index contributed by atoms with van der Waals surface area (Å²) in [5.41, 5.74) is 3.50. The Hall–Kier alpha value is -2.61. The van der Waals surface area contributed by atoms with E-state index in [1.807, 2.05) is 67.6 Å². The molecule has 0 aliphatic carbocycles. The molecule has 3 aromatic rings. The van der Waals surface area contributed by atoms with Crippen LogP contribution in [0, 0.1) is 13.8 Å². The predicted molar refractivity (Wildman–Crippen MR) is 100 cm³/mol. The first kappa shape index (κ1) is 17.2. The highest BCUT2D eigenvalue weighted by Gasteiger charge is 2.12. The van der Waals surface area contributed by atoms with Crippen molar-refractivity contribution in [3.63, 3.8) is 0 Å². The summed E-state index contributed by atoms with van der Waals surface area (Å²) >= 11 is 1.34. The van der Waals surface area contributed by atoms with Crippen molar-refractivity contribution >= 4 is 34.7 Å². The number of amides is 1. The SMILES string of the molecule is Cc1cc2nnc(SCC(=O)Nc3ccc(N(C)C)cc3)n2c(C)n1. The van der Waals surface area contributed by atoms with Gasteiger partial charge in [-0.25, -0.2) is 4.98 Å². The number of aryl methyl sites for hydroxylation is 2. The van der Waals surface area contributed by atoms with E-state index in [0.29, 0.717) is 5.16 Å². The molecule has 2 heterocycles. The van der Waals surface area contributed by atoms with Crippen molar-refractivity contribution in [3.8, 4) is 0 Å². The van der Waals surface area contributed by atoms with Crippen LogP contribution in [0.2, 0.25) is 0 Å². The zero-order valence-corrected chi connectivity index (χ0v) is 15.5. The van der Waals surface area contributed by atoms with Gasteiger partial charge in [-0.05, 0) is 38.1 Å². The lowest BCUT2D eigenvalue weighted by Crippen LogP contribution is -2.15. The van der Waals surface area contributed by atoms with E-state index in [0.717, 1.165) is 28.5 Å². The number of aromatic nitrogens is 4. The smallest absolute Gasteiger partial charge is 0.234 e. The van der Waals surface area contributed by atoms with E-state index in [1.165, 1.54) is 11.8 Å². The molecule has 0 unspecified atom stereocenters. The Morgan fingerprint density at radius 2 is 1.92 bits per heavy atom. The average molecular weight is 356 g/mol. The van der Waals surface area contributed by atoms with Crippen molar-refractivity contribution < 1.29 is 4.79 Å². The molecule has 0 fully saturated rings. The molecule has 0 spiro atoms. The Kier molecular flexibility index (Phi) is 4.89. The van der Waals surface area contributed by atoms with Gasteiger partial charge in [-0.2, -0.15) is 0 Å². The topological polar surface area (TPSA) is 75.4 Å². The lowest BCUT2D eigenvalue weighted by atomic mass is 10.2. The van der Waals surface area contributed by atoms with Gasteiger partial charge in [0.05, 0.1) is 5.75 Å². The molecule has 3 rings (SSSR count). The fourth-order valence-corrected chi connectivity index (χ4v) is 3.25. The second-order valence-electron chi connectivity index (χ2n) is 5.90. The monoisotopic (exact) mass is 356 g/mol. The Morgan fingerprint density at radius 1 is 1.20 bits per heavy atom. The van der Waals surface area contributed by atoms with Gasteiger partial charge in [0.25, 0.3) is 0 Å². The number of rotatable bonds is 5. The standard InChI is InChI=1S/C17H20N6OS/c1-11-9-15-20-21-17(23(15)12(2)18-11)25-10-16(24)19-13-5-7-14(8-6-13)22(3)4/h5-9H,10H2,1-4H3,(H,19,24). The van der Waals surface area contributed by atoms with Crippen LogP contribution in [0.1, 0.15) is 11.5 Å². The van der Waals surface area contributed by atoms with Crippen molar-refractivity contribution in [1.29, 1.82) is 0 Å². The summed E-state index contributed by atoms with van der Waals surface area (Å²) in [6.45, 7) is 3.82. The molecule has 0 aliphatic rings. The molecule has 0 bridgehead atoms. The van der Waals surface area contributed by atoms with Gasteiger partial charge in [0.1, 0.15) is 5.82 Å². The van der Waals surface area contributed by atoms with Crippen LogP contribution in [0.15, 0.2) is 35.5 Å². The third kappa shape index (κ3) is 3.90. The molecule has 0 radical (unpaired) electrons. The molecular weight excluding hydrogens is 336 g/mol. The predicted octanol–water partition coefficient (Wildman–Crippen LogP) is 2.54. The van der Waals surface area contributed by atoms with Gasteiger partial charge in [-0.3, -0.25) is 9.20 Å². The zero-order valence-electron chi connectivity index (χ0n) is 14.6. The van der Waals surface area contributed by atoms with Crippen molar-refractivity contribution in [2.45, 2.75) is 19.0 Å². The molecule has 0 saturated carbocycles. The summed E-state index contributed by atoms with van der Waals surface area (Å²) in [4.78, 5) is 18.6. The van der Waals surface area contributed by atoms with Crippen LogP contribution < -0.4 is 10.2 Å². The van der Waals surface area contributed by atoms with E-state index in [2.05, 4.69) is 20.5 Å². The van der Waals surface area contributed by atoms with Crippen molar-refractivity contribution in [2.24, 2.45) is 0 Å². The van der Waals surface area contributed by atoms with Crippen molar-refractivity contribution in [1.82, 2.24) is 19.6 Å². The molecule has 25 heavy (non-hydrogen) atoms. The largest absolute Gasteiger partial charge is 0.378 e. The number of benzene rings is 1. The normalized spacial score (nSPS) is 10.9. The molecule has 0 saturated heterocycles. The summed E-state index contributed by atoms with van der Waals surface area (Å²) in [5, 5.41) is 11.9. The number of nitrogens with zero attached hydrogens (tertiary/aromatic N) is 5. The van der Waals surface area contributed by atoms with E-state index in [-0.39, 0.29) is 11.7 Å². The molecule has 0 aliphatic heterocycles. The Bertz CT molecular complexity index is 903. The number of thioether (sulfide) groups is 1. The van der Waals surface area contributed by atoms with Crippen molar-refractivity contribution in [2.75, 3.05) is 30.1 Å². The van der Waals surface area contributed by atoms with Crippen LogP contribution >= 0.6 is 11.8 Å². The third-order valence-corrected chi connectivity index (χ3v) is 4.59. The number of nitrogens with one attached hydrogen (secondary N) is 1. The van der Waals surface area contributed by atoms with E-state index in [4.69, 9.17) is 0 Å². The van der Waals surface area contributed by atoms with Gasteiger partial charge in [-0.1, -0.05) is 11.8 Å². The minimum absolute atomic E-state index is 0.0860. The number of hydrogen-bond donors (Lipinski definition) is 1. The molecule has 2 aromatic heterocycles. The summed E-state index contributed by atoms with van der Waals surface area (Å²) in [5.74, 6) is 0.975. The second kappa shape index (κ2) is 7.10. The highest BCUT2D eigenvalue weighted by molar-refractivity contribution is 7.99. The Morgan fingerprint density at radius 3 is 2.60 bits per heavy atom. The maximum absolute atomic E-state index is 12.2. The first-order chi connectivity index (χ1) is 11.9. The lowest BCUT2D eigenvalue weighted by molar-refractivity contribution is -0.113. The number of carbonyl (C=O) groups excluding carboxylic acids is 1. The quantitative estimate of drug-likeness (QED) is 0.708. The summed E-state index contributed by atoms with van der Waals surface area (Å²) in [6, 6.07) is 9.58. The Labute approximate surface area is 150 Å². The highest BCUT2D eigenvalue weighted by atomic mass is 32.2.